The Morgan fingerprint density at radius 2 is 1.12 bits per heavy atom. The van der Waals surface area contributed by atoms with Gasteiger partial charge < -0.3 is 9.47 Å². The van der Waals surface area contributed by atoms with Crippen LogP contribution < -0.4 is 19.8 Å². The summed E-state index contributed by atoms with van der Waals surface area (Å²) >= 11 is 0. The standard InChI is InChI=1S/C13H22O2Si2/c1-16(2,3)12-7-10-11(15-9-14-10)8-13(12)17(4,5)6/h7-8H,9H2,1-6H3. The van der Waals surface area contributed by atoms with Gasteiger partial charge in [-0.3, -0.25) is 0 Å². The third kappa shape index (κ3) is 2.42. The molecule has 0 saturated heterocycles. The van der Waals surface area contributed by atoms with Gasteiger partial charge in [0.2, 0.25) is 6.79 Å². The molecule has 94 valence electrons. The van der Waals surface area contributed by atoms with E-state index in [2.05, 4.69) is 51.4 Å². The summed E-state index contributed by atoms with van der Waals surface area (Å²) < 4.78 is 11.0. The molecule has 2 rings (SSSR count). The van der Waals surface area contributed by atoms with Crippen molar-refractivity contribution in [3.8, 4) is 11.5 Å². The zero-order valence-corrected chi connectivity index (χ0v) is 13.7. The van der Waals surface area contributed by atoms with Crippen molar-refractivity contribution in [2.45, 2.75) is 39.3 Å². The van der Waals surface area contributed by atoms with Crippen molar-refractivity contribution >= 4 is 26.5 Å². The Bertz CT molecular complexity index is 401. The fraction of sp³-hybridized carbons (Fsp3) is 0.538. The minimum absolute atomic E-state index is 0.371. The molecule has 2 nitrogen and oxygen atoms in total. The van der Waals surface area contributed by atoms with Crippen LogP contribution in [0.3, 0.4) is 0 Å². The molecule has 4 heteroatoms. The molecule has 0 N–H and O–H groups in total. The third-order valence-electron chi connectivity index (χ3n) is 3.13. The maximum absolute atomic E-state index is 5.52. The topological polar surface area (TPSA) is 18.5 Å². The first-order valence-electron chi connectivity index (χ1n) is 6.14. The first-order valence-corrected chi connectivity index (χ1v) is 13.1. The maximum atomic E-state index is 5.52. The largest absolute Gasteiger partial charge is 0.454 e. The van der Waals surface area contributed by atoms with E-state index in [9.17, 15) is 0 Å². The summed E-state index contributed by atoms with van der Waals surface area (Å²) in [6, 6.07) is 4.48. The van der Waals surface area contributed by atoms with Crippen molar-refractivity contribution in [3.63, 3.8) is 0 Å². The molecule has 0 radical (unpaired) electrons. The molecule has 17 heavy (non-hydrogen) atoms. The molecule has 0 aromatic heterocycles. The van der Waals surface area contributed by atoms with Crippen molar-refractivity contribution in [1.29, 1.82) is 0 Å². The molecule has 0 spiro atoms. The Hall–Kier alpha value is -0.746. The van der Waals surface area contributed by atoms with Gasteiger partial charge in [-0.05, 0) is 12.1 Å². The van der Waals surface area contributed by atoms with Gasteiger partial charge in [-0.15, -0.1) is 0 Å². The molecule has 0 bridgehead atoms. The smallest absolute Gasteiger partial charge is 0.231 e. The number of hydrogen-bond donors (Lipinski definition) is 0. The van der Waals surface area contributed by atoms with Crippen LogP contribution in [-0.2, 0) is 0 Å². The molecule has 1 aliphatic rings. The second kappa shape index (κ2) is 3.88. The number of rotatable bonds is 2. The zero-order chi connectivity index (χ0) is 12.8. The zero-order valence-electron chi connectivity index (χ0n) is 11.7. The highest BCUT2D eigenvalue weighted by Gasteiger charge is 2.30. The monoisotopic (exact) mass is 266 g/mol. The minimum atomic E-state index is -1.33. The molecule has 1 aliphatic heterocycles. The van der Waals surface area contributed by atoms with Crippen LogP contribution >= 0.6 is 0 Å². The van der Waals surface area contributed by atoms with Crippen LogP contribution in [0.4, 0.5) is 0 Å². The highest BCUT2D eigenvalue weighted by atomic mass is 28.3. The SMILES string of the molecule is C[Si](C)(C)c1cc2c(cc1[Si](C)(C)C)OCO2. The van der Waals surface area contributed by atoms with Crippen LogP contribution in [-0.4, -0.2) is 22.9 Å². The van der Waals surface area contributed by atoms with Crippen LogP contribution in [0.1, 0.15) is 0 Å². The number of ether oxygens (including phenoxy) is 2. The summed E-state index contributed by atoms with van der Waals surface area (Å²) in [5, 5.41) is 3.09. The molecule has 0 amide bonds. The first kappa shape index (κ1) is 12.7. The van der Waals surface area contributed by atoms with E-state index in [0.717, 1.165) is 11.5 Å². The van der Waals surface area contributed by atoms with Crippen LogP contribution in [0.15, 0.2) is 12.1 Å². The summed E-state index contributed by atoms with van der Waals surface area (Å²) in [7, 11) is -2.66. The molecular weight excluding hydrogens is 244 g/mol. The predicted octanol–water partition coefficient (Wildman–Crippen LogP) is 2.51. The molecule has 1 aromatic carbocycles. The summed E-state index contributed by atoms with van der Waals surface area (Å²) in [5.41, 5.74) is 0. The van der Waals surface area contributed by atoms with Gasteiger partial charge in [0.15, 0.2) is 11.5 Å². The van der Waals surface area contributed by atoms with E-state index in [1.807, 2.05) is 0 Å². The second-order valence-electron chi connectivity index (χ2n) is 6.75. The number of benzene rings is 1. The average molecular weight is 266 g/mol. The summed E-state index contributed by atoms with van der Waals surface area (Å²) in [5.74, 6) is 1.87. The Kier molecular flexibility index (Phi) is 2.90. The molecule has 0 atom stereocenters. The average Bonchev–Trinajstić information content (AvgIpc) is 2.59. The summed E-state index contributed by atoms with van der Waals surface area (Å²) in [6.07, 6.45) is 0. The molecule has 0 unspecified atom stereocenters. The fourth-order valence-corrected chi connectivity index (χ4v) is 7.32. The third-order valence-corrected chi connectivity index (χ3v) is 7.44. The van der Waals surface area contributed by atoms with Gasteiger partial charge in [-0.1, -0.05) is 49.7 Å². The molecule has 0 aliphatic carbocycles. The normalized spacial score (nSPS) is 15.2. The highest BCUT2D eigenvalue weighted by Crippen LogP contribution is 2.31. The summed E-state index contributed by atoms with van der Waals surface area (Å²) in [6.45, 7) is 14.8. The lowest BCUT2D eigenvalue weighted by atomic mass is 10.3. The Labute approximate surface area is 106 Å². The van der Waals surface area contributed by atoms with Gasteiger partial charge in [0, 0.05) is 0 Å². The predicted molar refractivity (Wildman–Crippen MR) is 78.5 cm³/mol. The molecule has 0 saturated carbocycles. The van der Waals surface area contributed by atoms with Crippen molar-refractivity contribution in [3.05, 3.63) is 12.1 Å². The van der Waals surface area contributed by atoms with Crippen LogP contribution in [0, 0.1) is 0 Å². The van der Waals surface area contributed by atoms with E-state index in [4.69, 9.17) is 9.47 Å². The van der Waals surface area contributed by atoms with E-state index < -0.39 is 16.1 Å². The Morgan fingerprint density at radius 1 is 0.765 bits per heavy atom. The minimum Gasteiger partial charge on any atom is -0.454 e. The maximum Gasteiger partial charge on any atom is 0.231 e. The van der Waals surface area contributed by atoms with Gasteiger partial charge in [-0.25, -0.2) is 0 Å². The van der Waals surface area contributed by atoms with E-state index in [-0.39, 0.29) is 0 Å². The number of hydrogen-bond acceptors (Lipinski definition) is 2. The van der Waals surface area contributed by atoms with Gasteiger partial charge >= 0.3 is 0 Å². The molecule has 1 aromatic rings. The quantitative estimate of drug-likeness (QED) is 0.766. The van der Waals surface area contributed by atoms with E-state index in [1.165, 1.54) is 0 Å². The second-order valence-corrected chi connectivity index (χ2v) is 16.8. The molecule has 0 fully saturated rings. The Morgan fingerprint density at radius 3 is 1.41 bits per heavy atom. The van der Waals surface area contributed by atoms with Crippen molar-refractivity contribution in [1.82, 2.24) is 0 Å². The highest BCUT2D eigenvalue weighted by molar-refractivity contribution is 6.98. The van der Waals surface area contributed by atoms with Gasteiger partial charge in [0.05, 0.1) is 16.1 Å². The van der Waals surface area contributed by atoms with Crippen molar-refractivity contribution in [2.75, 3.05) is 6.79 Å². The van der Waals surface area contributed by atoms with E-state index in [0.29, 0.717) is 6.79 Å². The lowest BCUT2D eigenvalue weighted by Gasteiger charge is -2.28. The van der Waals surface area contributed by atoms with Crippen molar-refractivity contribution < 1.29 is 9.47 Å². The lowest BCUT2D eigenvalue weighted by Crippen LogP contribution is -2.56. The molecular formula is C13H22O2Si2. The van der Waals surface area contributed by atoms with Gasteiger partial charge in [0.25, 0.3) is 0 Å². The van der Waals surface area contributed by atoms with E-state index in [1.54, 1.807) is 10.4 Å². The van der Waals surface area contributed by atoms with Crippen LogP contribution in [0.5, 0.6) is 11.5 Å². The van der Waals surface area contributed by atoms with Crippen molar-refractivity contribution in [2.24, 2.45) is 0 Å². The van der Waals surface area contributed by atoms with Gasteiger partial charge in [0.1, 0.15) is 0 Å². The summed E-state index contributed by atoms with van der Waals surface area (Å²) in [4.78, 5) is 0. The van der Waals surface area contributed by atoms with E-state index >= 15 is 0 Å². The van der Waals surface area contributed by atoms with Crippen LogP contribution in [0.25, 0.3) is 0 Å². The first-order chi connectivity index (χ1) is 7.69. The Balaban J connectivity index is 2.64. The van der Waals surface area contributed by atoms with Crippen LogP contribution in [0.2, 0.25) is 39.3 Å². The molecule has 1 heterocycles. The fourth-order valence-electron chi connectivity index (χ4n) is 2.18. The lowest BCUT2D eigenvalue weighted by molar-refractivity contribution is 0.174. The van der Waals surface area contributed by atoms with Gasteiger partial charge in [-0.2, -0.15) is 0 Å². The number of fused-ring (bicyclic) bond motifs is 1.